The van der Waals surface area contributed by atoms with E-state index in [0.717, 1.165) is 5.56 Å². The number of benzene rings is 1. The molecule has 0 spiro atoms. The molecule has 23 heavy (non-hydrogen) atoms. The number of hydrogen-bond acceptors (Lipinski definition) is 6. The van der Waals surface area contributed by atoms with E-state index in [2.05, 4.69) is 20.3 Å². The number of aromatic nitrogens is 4. The fourth-order valence-corrected chi connectivity index (χ4v) is 2.25. The van der Waals surface area contributed by atoms with E-state index in [-0.39, 0.29) is 12.5 Å². The average Bonchev–Trinajstić information content (AvgIpc) is 2.98. The van der Waals surface area contributed by atoms with Crippen molar-refractivity contribution in [2.75, 3.05) is 11.9 Å². The van der Waals surface area contributed by atoms with Gasteiger partial charge in [-0.05, 0) is 12.5 Å². The molecule has 0 bridgehead atoms. The molecule has 0 fully saturated rings. The molecule has 1 N–H and O–H groups in total. The molecule has 2 heterocycles. The monoisotopic (exact) mass is 311 g/mol. The van der Waals surface area contributed by atoms with Crippen molar-refractivity contribution in [3.63, 3.8) is 0 Å². The van der Waals surface area contributed by atoms with Gasteiger partial charge in [0, 0.05) is 6.54 Å². The second kappa shape index (κ2) is 6.87. The number of rotatable bonds is 6. The van der Waals surface area contributed by atoms with Gasteiger partial charge in [0.1, 0.15) is 18.4 Å². The minimum absolute atomic E-state index is 0.0828. The average molecular weight is 311 g/mol. The highest BCUT2D eigenvalue weighted by molar-refractivity contribution is 5.83. The first-order chi connectivity index (χ1) is 11.3. The molecular formula is C16H17N5O2. The van der Waals surface area contributed by atoms with Crippen LogP contribution in [0.25, 0.3) is 11.2 Å². The lowest BCUT2D eigenvalue weighted by Crippen LogP contribution is -2.13. The lowest BCUT2D eigenvalue weighted by Gasteiger charge is -2.06. The van der Waals surface area contributed by atoms with Crippen LogP contribution in [-0.2, 0) is 22.6 Å². The van der Waals surface area contributed by atoms with Crippen molar-refractivity contribution < 1.29 is 9.53 Å². The largest absolute Gasteiger partial charge is 0.465 e. The number of anilines is 1. The van der Waals surface area contributed by atoms with Crippen LogP contribution in [0.2, 0.25) is 0 Å². The summed E-state index contributed by atoms with van der Waals surface area (Å²) in [6.07, 6.45) is 3.03. The van der Waals surface area contributed by atoms with E-state index in [1.165, 1.54) is 6.33 Å². The first-order valence-corrected chi connectivity index (χ1v) is 7.37. The van der Waals surface area contributed by atoms with Crippen molar-refractivity contribution in [1.82, 2.24) is 19.5 Å². The molecule has 0 atom stereocenters. The van der Waals surface area contributed by atoms with Crippen molar-refractivity contribution in [2.24, 2.45) is 0 Å². The number of carbonyl (C=O) groups is 1. The molecule has 0 saturated carbocycles. The number of fused-ring (bicyclic) bond motifs is 1. The summed E-state index contributed by atoms with van der Waals surface area (Å²) >= 11 is 0. The summed E-state index contributed by atoms with van der Waals surface area (Å²) in [7, 11) is 0. The summed E-state index contributed by atoms with van der Waals surface area (Å²) in [5, 5.41) is 3.25. The smallest absolute Gasteiger partial charge is 0.326 e. The zero-order valence-electron chi connectivity index (χ0n) is 12.8. The molecular weight excluding hydrogens is 294 g/mol. The van der Waals surface area contributed by atoms with Gasteiger partial charge in [-0.1, -0.05) is 30.3 Å². The molecule has 118 valence electrons. The summed E-state index contributed by atoms with van der Waals surface area (Å²) < 4.78 is 6.61. The highest BCUT2D eigenvalue weighted by Crippen LogP contribution is 2.18. The third kappa shape index (κ3) is 3.45. The molecule has 3 rings (SSSR count). The van der Waals surface area contributed by atoms with Crippen molar-refractivity contribution in [3.8, 4) is 0 Å². The normalized spacial score (nSPS) is 10.7. The number of ether oxygens (including phenoxy) is 1. The Bertz CT molecular complexity index is 801. The topological polar surface area (TPSA) is 81.9 Å². The Labute approximate surface area is 133 Å². The lowest BCUT2D eigenvalue weighted by atomic mass is 10.2. The van der Waals surface area contributed by atoms with Crippen LogP contribution in [0, 0.1) is 0 Å². The third-order valence-corrected chi connectivity index (χ3v) is 3.31. The van der Waals surface area contributed by atoms with Gasteiger partial charge in [0.25, 0.3) is 0 Å². The van der Waals surface area contributed by atoms with Gasteiger partial charge in [0.15, 0.2) is 11.5 Å². The molecule has 0 radical (unpaired) electrons. The molecule has 1 aromatic carbocycles. The number of hydrogen-bond donors (Lipinski definition) is 1. The fourth-order valence-electron chi connectivity index (χ4n) is 2.25. The molecule has 2 aromatic heterocycles. The Kier molecular flexibility index (Phi) is 4.46. The maximum absolute atomic E-state index is 11.6. The maximum Gasteiger partial charge on any atom is 0.326 e. The maximum atomic E-state index is 11.6. The second-order valence-electron chi connectivity index (χ2n) is 4.91. The Hall–Kier alpha value is -2.96. The van der Waals surface area contributed by atoms with Gasteiger partial charge in [-0.15, -0.1) is 0 Å². The van der Waals surface area contributed by atoms with Gasteiger partial charge in [-0.3, -0.25) is 4.79 Å². The van der Waals surface area contributed by atoms with E-state index in [1.807, 2.05) is 30.3 Å². The van der Waals surface area contributed by atoms with E-state index < -0.39 is 0 Å². The first kappa shape index (κ1) is 15.0. The number of imidazole rings is 1. The van der Waals surface area contributed by atoms with Gasteiger partial charge < -0.3 is 14.6 Å². The summed E-state index contributed by atoms with van der Waals surface area (Å²) in [5.41, 5.74) is 2.38. The van der Waals surface area contributed by atoms with E-state index in [0.29, 0.717) is 30.1 Å². The van der Waals surface area contributed by atoms with Gasteiger partial charge in [-0.2, -0.15) is 0 Å². The van der Waals surface area contributed by atoms with E-state index in [9.17, 15) is 4.79 Å². The number of esters is 1. The van der Waals surface area contributed by atoms with Crippen molar-refractivity contribution in [3.05, 3.63) is 48.5 Å². The summed E-state index contributed by atoms with van der Waals surface area (Å²) in [6.45, 7) is 2.85. The van der Waals surface area contributed by atoms with Crippen molar-refractivity contribution >= 4 is 23.0 Å². The van der Waals surface area contributed by atoms with E-state index in [1.54, 1.807) is 17.8 Å². The Balaban J connectivity index is 1.79. The Morgan fingerprint density at radius 3 is 2.83 bits per heavy atom. The zero-order valence-corrected chi connectivity index (χ0v) is 12.8. The van der Waals surface area contributed by atoms with Gasteiger partial charge in [0.2, 0.25) is 0 Å². The van der Waals surface area contributed by atoms with Crippen LogP contribution in [0.3, 0.4) is 0 Å². The number of carbonyl (C=O) groups excluding carboxylic acids is 1. The van der Waals surface area contributed by atoms with Crippen molar-refractivity contribution in [2.45, 2.75) is 20.0 Å². The SMILES string of the molecule is CCOC(=O)Cn1cnc2c(NCc3ccccc3)ncnc21. The summed E-state index contributed by atoms with van der Waals surface area (Å²) in [4.78, 5) is 24.4. The standard InChI is InChI=1S/C16H17N5O2/c1-2-23-13(22)9-21-11-20-14-15(18-10-19-16(14)21)17-8-12-6-4-3-5-7-12/h3-7,10-11H,2,8-9H2,1H3,(H,17,18,19). The highest BCUT2D eigenvalue weighted by atomic mass is 16.5. The molecule has 0 saturated heterocycles. The lowest BCUT2D eigenvalue weighted by molar-refractivity contribution is -0.143. The minimum Gasteiger partial charge on any atom is -0.465 e. The molecule has 0 amide bonds. The molecule has 0 aliphatic heterocycles. The third-order valence-electron chi connectivity index (χ3n) is 3.31. The molecule has 7 heteroatoms. The highest BCUT2D eigenvalue weighted by Gasteiger charge is 2.12. The first-order valence-electron chi connectivity index (χ1n) is 7.37. The van der Waals surface area contributed by atoms with E-state index >= 15 is 0 Å². The van der Waals surface area contributed by atoms with Crippen LogP contribution < -0.4 is 5.32 Å². The van der Waals surface area contributed by atoms with Crippen LogP contribution in [0.4, 0.5) is 5.82 Å². The predicted octanol–water partition coefficient (Wildman–Crippen LogP) is 2.00. The summed E-state index contributed by atoms with van der Waals surface area (Å²) in [5.74, 6) is 0.325. The van der Waals surface area contributed by atoms with Crippen LogP contribution in [-0.4, -0.2) is 32.1 Å². The zero-order chi connectivity index (χ0) is 16.1. The van der Waals surface area contributed by atoms with Gasteiger partial charge >= 0.3 is 5.97 Å². The summed E-state index contributed by atoms with van der Waals surface area (Å²) in [6, 6.07) is 10.0. The Morgan fingerprint density at radius 2 is 2.04 bits per heavy atom. The van der Waals surface area contributed by atoms with Gasteiger partial charge in [-0.25, -0.2) is 15.0 Å². The number of nitrogens with zero attached hydrogens (tertiary/aromatic N) is 4. The quantitative estimate of drug-likeness (QED) is 0.701. The molecule has 0 aliphatic rings. The van der Waals surface area contributed by atoms with E-state index in [4.69, 9.17) is 4.74 Å². The molecule has 3 aromatic rings. The Morgan fingerprint density at radius 1 is 1.22 bits per heavy atom. The fraction of sp³-hybridized carbons (Fsp3) is 0.250. The molecule has 0 aliphatic carbocycles. The predicted molar refractivity (Wildman–Crippen MR) is 85.7 cm³/mol. The molecule has 0 unspecified atom stereocenters. The minimum atomic E-state index is -0.316. The van der Waals surface area contributed by atoms with Crippen molar-refractivity contribution in [1.29, 1.82) is 0 Å². The number of nitrogens with one attached hydrogen (secondary N) is 1. The van der Waals surface area contributed by atoms with Crippen LogP contribution in [0.5, 0.6) is 0 Å². The van der Waals surface area contributed by atoms with Crippen LogP contribution in [0.1, 0.15) is 12.5 Å². The van der Waals surface area contributed by atoms with Crippen LogP contribution in [0.15, 0.2) is 43.0 Å². The molecule has 7 nitrogen and oxygen atoms in total. The van der Waals surface area contributed by atoms with Crippen LogP contribution >= 0.6 is 0 Å². The second-order valence-corrected chi connectivity index (χ2v) is 4.91. The van der Waals surface area contributed by atoms with Gasteiger partial charge in [0.05, 0.1) is 12.9 Å².